The van der Waals surface area contributed by atoms with Crippen LogP contribution in [-0.4, -0.2) is 46.5 Å². The highest BCUT2D eigenvalue weighted by atomic mass is 16.5. The number of guanidine groups is 1. The molecule has 1 N–H and O–H groups in total. The minimum absolute atomic E-state index is 0.268. The Kier molecular flexibility index (Phi) is 5.23. The Bertz CT molecular complexity index is 924. The number of aromatic nitrogens is 3. The molecular weight excluding hydrogens is 376 g/mol. The summed E-state index contributed by atoms with van der Waals surface area (Å²) in [5.41, 5.74) is 3.06. The van der Waals surface area contributed by atoms with Gasteiger partial charge >= 0.3 is 0 Å². The van der Waals surface area contributed by atoms with Gasteiger partial charge < -0.3 is 19.5 Å². The Morgan fingerprint density at radius 2 is 2.07 bits per heavy atom. The maximum Gasteiger partial charge on any atom is 0.199 e. The Morgan fingerprint density at radius 3 is 2.80 bits per heavy atom. The fourth-order valence-corrected chi connectivity index (χ4v) is 5.28. The van der Waals surface area contributed by atoms with Gasteiger partial charge in [0, 0.05) is 37.8 Å². The first-order chi connectivity index (χ1) is 14.7. The maximum atomic E-state index is 5.85. The first kappa shape index (κ1) is 19.5. The number of ether oxygens (including phenoxy) is 1. The highest BCUT2D eigenvalue weighted by molar-refractivity contribution is 5.98. The third-order valence-electron chi connectivity index (χ3n) is 7.11. The van der Waals surface area contributed by atoms with E-state index in [2.05, 4.69) is 44.7 Å². The standard InChI is InChI=1S/C23H32N6O/c1-17-26-27-21(28(17)2)15-25-22(24-14-18-8-7-13-30-18)29-16-23(11-5-6-12-23)19-9-3-4-10-20(19)29/h3-4,9-10,18H,5-8,11-16H2,1-2H3,(H,24,25). The lowest BCUT2D eigenvalue weighted by molar-refractivity contribution is 0.114. The lowest BCUT2D eigenvalue weighted by atomic mass is 9.81. The summed E-state index contributed by atoms with van der Waals surface area (Å²) in [5, 5.41) is 12.1. The van der Waals surface area contributed by atoms with Crippen LogP contribution in [0.15, 0.2) is 29.3 Å². The van der Waals surface area contributed by atoms with E-state index in [1.807, 2.05) is 18.5 Å². The van der Waals surface area contributed by atoms with Crippen LogP contribution in [-0.2, 0) is 23.7 Å². The molecule has 3 aliphatic rings. The van der Waals surface area contributed by atoms with Crippen molar-refractivity contribution in [1.29, 1.82) is 0 Å². The smallest absolute Gasteiger partial charge is 0.199 e. The van der Waals surface area contributed by atoms with Crippen LogP contribution >= 0.6 is 0 Å². The molecule has 2 aliphatic heterocycles. The van der Waals surface area contributed by atoms with Crippen LogP contribution in [0.3, 0.4) is 0 Å². The molecule has 1 spiro atoms. The third-order valence-corrected chi connectivity index (χ3v) is 7.11. The summed E-state index contributed by atoms with van der Waals surface area (Å²) in [6, 6.07) is 8.90. The summed E-state index contributed by atoms with van der Waals surface area (Å²) in [6.07, 6.45) is 7.69. The predicted molar refractivity (Wildman–Crippen MR) is 118 cm³/mol. The van der Waals surface area contributed by atoms with E-state index in [4.69, 9.17) is 9.73 Å². The van der Waals surface area contributed by atoms with Gasteiger partial charge in [-0.25, -0.2) is 4.99 Å². The van der Waals surface area contributed by atoms with Crippen LogP contribution in [0.5, 0.6) is 0 Å². The summed E-state index contributed by atoms with van der Waals surface area (Å²) in [7, 11) is 2.00. The van der Waals surface area contributed by atoms with Gasteiger partial charge in [-0.2, -0.15) is 0 Å². The number of hydrogen-bond acceptors (Lipinski definition) is 4. The van der Waals surface area contributed by atoms with E-state index in [1.54, 1.807) is 0 Å². The Labute approximate surface area is 178 Å². The minimum Gasteiger partial charge on any atom is -0.376 e. The van der Waals surface area contributed by atoms with Crippen molar-refractivity contribution < 1.29 is 4.74 Å². The van der Waals surface area contributed by atoms with E-state index >= 15 is 0 Å². The van der Waals surface area contributed by atoms with E-state index in [-0.39, 0.29) is 11.5 Å². The second kappa shape index (κ2) is 8.02. The second-order valence-electron chi connectivity index (χ2n) is 8.97. The molecule has 160 valence electrons. The summed E-state index contributed by atoms with van der Waals surface area (Å²) in [5.74, 6) is 2.72. The fraction of sp³-hybridized carbons (Fsp3) is 0.609. The molecule has 0 radical (unpaired) electrons. The van der Waals surface area contributed by atoms with Crippen molar-refractivity contribution in [3.63, 3.8) is 0 Å². The summed E-state index contributed by atoms with van der Waals surface area (Å²) in [4.78, 5) is 7.42. The highest BCUT2D eigenvalue weighted by Gasteiger charge is 2.45. The number of anilines is 1. The molecule has 30 heavy (non-hydrogen) atoms. The van der Waals surface area contributed by atoms with Crippen LogP contribution in [0, 0.1) is 6.92 Å². The summed E-state index contributed by atoms with van der Waals surface area (Å²) in [6.45, 7) is 5.14. The molecule has 1 atom stereocenters. The maximum absolute atomic E-state index is 5.85. The van der Waals surface area contributed by atoms with Crippen LogP contribution in [0.25, 0.3) is 0 Å². The number of rotatable bonds is 4. The molecule has 1 aromatic heterocycles. The molecule has 2 fully saturated rings. The third kappa shape index (κ3) is 3.49. The van der Waals surface area contributed by atoms with Gasteiger partial charge in [0.15, 0.2) is 11.8 Å². The SMILES string of the molecule is Cc1nnc(CN=C(NCC2CCCO2)N2CC3(CCCC3)c3ccccc32)n1C. The zero-order valence-corrected chi connectivity index (χ0v) is 18.1. The average molecular weight is 409 g/mol. The molecule has 5 rings (SSSR count). The molecule has 7 nitrogen and oxygen atoms in total. The van der Waals surface area contributed by atoms with Gasteiger partial charge in [-0.05, 0) is 44.2 Å². The summed E-state index contributed by atoms with van der Waals surface area (Å²) >= 11 is 0. The Morgan fingerprint density at radius 1 is 1.23 bits per heavy atom. The van der Waals surface area contributed by atoms with Gasteiger partial charge in [0.25, 0.3) is 0 Å². The number of aliphatic imine (C=N–C) groups is 1. The minimum atomic E-state index is 0.268. The average Bonchev–Trinajstić information content (AvgIpc) is 3.55. The molecule has 3 heterocycles. The van der Waals surface area contributed by atoms with Crippen molar-refractivity contribution >= 4 is 11.6 Å². The number of hydrogen-bond donors (Lipinski definition) is 1. The molecule has 0 bridgehead atoms. The number of nitrogens with one attached hydrogen (secondary N) is 1. The van der Waals surface area contributed by atoms with Crippen molar-refractivity contribution in [2.75, 3.05) is 24.6 Å². The molecule has 2 aromatic rings. The van der Waals surface area contributed by atoms with Crippen LogP contribution < -0.4 is 10.2 Å². The van der Waals surface area contributed by atoms with Gasteiger partial charge in [-0.1, -0.05) is 31.0 Å². The Balaban J connectivity index is 1.44. The normalized spacial score (nSPS) is 22.8. The van der Waals surface area contributed by atoms with E-state index in [9.17, 15) is 0 Å². The van der Waals surface area contributed by atoms with Crippen LogP contribution in [0.4, 0.5) is 5.69 Å². The topological polar surface area (TPSA) is 67.6 Å². The van der Waals surface area contributed by atoms with E-state index in [0.29, 0.717) is 6.54 Å². The van der Waals surface area contributed by atoms with Crippen molar-refractivity contribution in [1.82, 2.24) is 20.1 Å². The van der Waals surface area contributed by atoms with Crippen molar-refractivity contribution in [2.45, 2.75) is 63.5 Å². The number of fused-ring (bicyclic) bond motifs is 2. The molecule has 1 aliphatic carbocycles. The van der Waals surface area contributed by atoms with Gasteiger partial charge in [-0.3, -0.25) is 0 Å². The number of benzene rings is 1. The van der Waals surface area contributed by atoms with Crippen molar-refractivity contribution in [3.05, 3.63) is 41.5 Å². The van der Waals surface area contributed by atoms with Crippen molar-refractivity contribution in [2.24, 2.45) is 12.0 Å². The quantitative estimate of drug-likeness (QED) is 0.622. The zero-order valence-electron chi connectivity index (χ0n) is 18.1. The largest absolute Gasteiger partial charge is 0.376 e. The van der Waals surface area contributed by atoms with Gasteiger partial charge in [0.05, 0.1) is 6.10 Å². The fourth-order valence-electron chi connectivity index (χ4n) is 5.28. The number of nitrogens with zero attached hydrogens (tertiary/aromatic N) is 5. The Hall–Kier alpha value is -2.41. The second-order valence-corrected chi connectivity index (χ2v) is 8.97. The summed E-state index contributed by atoms with van der Waals surface area (Å²) < 4.78 is 7.86. The highest BCUT2D eigenvalue weighted by Crippen LogP contribution is 2.50. The van der Waals surface area contributed by atoms with Crippen molar-refractivity contribution in [3.8, 4) is 0 Å². The van der Waals surface area contributed by atoms with E-state index in [0.717, 1.165) is 50.1 Å². The van der Waals surface area contributed by atoms with Gasteiger partial charge in [0.2, 0.25) is 0 Å². The first-order valence-electron chi connectivity index (χ1n) is 11.3. The molecule has 1 saturated heterocycles. The molecule has 1 saturated carbocycles. The van der Waals surface area contributed by atoms with E-state index in [1.165, 1.54) is 36.9 Å². The number of para-hydroxylation sites is 1. The predicted octanol–water partition coefficient (Wildman–Crippen LogP) is 3.08. The van der Waals surface area contributed by atoms with E-state index < -0.39 is 0 Å². The molecule has 1 unspecified atom stereocenters. The van der Waals surface area contributed by atoms with Gasteiger partial charge in [0.1, 0.15) is 12.4 Å². The first-order valence-corrected chi connectivity index (χ1v) is 11.3. The van der Waals surface area contributed by atoms with Crippen LogP contribution in [0.1, 0.15) is 55.7 Å². The van der Waals surface area contributed by atoms with Crippen LogP contribution in [0.2, 0.25) is 0 Å². The molecule has 0 amide bonds. The monoisotopic (exact) mass is 408 g/mol. The molecular formula is C23H32N6O. The lowest BCUT2D eigenvalue weighted by Gasteiger charge is -2.27. The molecule has 7 heteroatoms. The number of aryl methyl sites for hydroxylation is 1. The lowest BCUT2D eigenvalue weighted by Crippen LogP contribution is -2.45. The van der Waals surface area contributed by atoms with Gasteiger partial charge in [-0.15, -0.1) is 10.2 Å². The zero-order chi connectivity index (χ0) is 20.6. The molecule has 1 aromatic carbocycles.